The number of aromatic nitrogens is 3. The number of rotatable bonds is 6. The summed E-state index contributed by atoms with van der Waals surface area (Å²) in [6.45, 7) is 5.76. The van der Waals surface area contributed by atoms with E-state index in [1.54, 1.807) is 6.07 Å². The lowest BCUT2D eigenvalue weighted by atomic mass is 10.0. The zero-order valence-electron chi connectivity index (χ0n) is 14.7. The minimum absolute atomic E-state index is 0.0840. The maximum atomic E-state index is 12.0. The lowest BCUT2D eigenvalue weighted by molar-refractivity contribution is 0.0938. The first-order valence-corrected chi connectivity index (χ1v) is 8.40. The third-order valence-electron chi connectivity index (χ3n) is 3.96. The molecule has 25 heavy (non-hydrogen) atoms. The number of nitrogens with one attached hydrogen (secondary N) is 2. The number of carbonyl (C=O) groups excluding carboxylic acids is 1. The van der Waals surface area contributed by atoms with Crippen LogP contribution in [0.3, 0.4) is 0 Å². The molecule has 0 spiro atoms. The van der Waals surface area contributed by atoms with E-state index < -0.39 is 0 Å². The highest BCUT2D eigenvalue weighted by Gasteiger charge is 2.16. The molecule has 0 saturated heterocycles. The Morgan fingerprint density at radius 1 is 1.24 bits per heavy atom. The van der Waals surface area contributed by atoms with Gasteiger partial charge in [0.25, 0.3) is 5.91 Å². The van der Waals surface area contributed by atoms with Gasteiger partial charge >= 0.3 is 0 Å². The van der Waals surface area contributed by atoms with Gasteiger partial charge in [0, 0.05) is 22.9 Å². The quantitative estimate of drug-likeness (QED) is 0.722. The zero-order valence-corrected chi connectivity index (χ0v) is 14.7. The summed E-state index contributed by atoms with van der Waals surface area (Å²) in [6, 6.07) is 11.9. The van der Waals surface area contributed by atoms with E-state index in [1.807, 2.05) is 51.1 Å². The van der Waals surface area contributed by atoms with E-state index in [1.165, 1.54) is 0 Å². The highest BCUT2D eigenvalue weighted by atomic mass is 16.5. The minimum Gasteiger partial charge on any atom is -0.361 e. The average Bonchev–Trinajstić information content (AvgIpc) is 3.20. The summed E-state index contributed by atoms with van der Waals surface area (Å²) in [5.74, 6) is 0.653. The number of carbonyl (C=O) groups is 1. The Morgan fingerprint density at radius 3 is 2.72 bits per heavy atom. The Bertz CT molecular complexity index is 849. The van der Waals surface area contributed by atoms with Crippen molar-refractivity contribution < 1.29 is 9.32 Å². The molecule has 0 unspecified atom stereocenters. The molecule has 130 valence electrons. The molecule has 6 heteroatoms. The maximum absolute atomic E-state index is 12.0. The van der Waals surface area contributed by atoms with E-state index in [-0.39, 0.29) is 11.9 Å². The molecule has 0 aliphatic carbocycles. The van der Waals surface area contributed by atoms with Crippen molar-refractivity contribution in [3.05, 3.63) is 59.1 Å². The Balaban J connectivity index is 1.72. The number of hydrogen-bond acceptors (Lipinski definition) is 4. The monoisotopic (exact) mass is 338 g/mol. The summed E-state index contributed by atoms with van der Waals surface area (Å²) in [5, 5.41) is 14.1. The molecular weight excluding hydrogens is 316 g/mol. The predicted octanol–water partition coefficient (Wildman–Crippen LogP) is 3.30. The topological polar surface area (TPSA) is 83.8 Å². The molecule has 0 aliphatic rings. The Hall–Kier alpha value is -2.89. The molecule has 0 radical (unpaired) electrons. The number of hydrogen-bond donors (Lipinski definition) is 2. The summed E-state index contributed by atoms with van der Waals surface area (Å²) in [6.07, 6.45) is 1.48. The molecule has 3 aromatic rings. The highest BCUT2D eigenvalue weighted by molar-refractivity contribution is 5.92. The molecule has 1 aromatic carbocycles. The van der Waals surface area contributed by atoms with Crippen molar-refractivity contribution >= 4 is 5.91 Å². The SMILES string of the molecule is Cc1onc(-c2ccccc2)c1CCc1cc(C(=O)NC(C)C)n[nH]1. The van der Waals surface area contributed by atoms with Gasteiger partial charge < -0.3 is 9.84 Å². The lowest BCUT2D eigenvalue weighted by Gasteiger charge is -2.04. The van der Waals surface area contributed by atoms with Crippen molar-refractivity contribution in [2.45, 2.75) is 39.7 Å². The maximum Gasteiger partial charge on any atom is 0.271 e. The van der Waals surface area contributed by atoms with E-state index in [2.05, 4.69) is 20.7 Å². The van der Waals surface area contributed by atoms with Gasteiger partial charge in [-0.25, -0.2) is 0 Å². The zero-order chi connectivity index (χ0) is 17.8. The standard InChI is InChI=1S/C19H22N4O2/c1-12(2)20-19(24)17-11-15(21-22-17)9-10-16-13(3)25-23-18(16)14-7-5-4-6-8-14/h4-8,11-12H,9-10H2,1-3H3,(H,20,24)(H,21,22). The Kier molecular flexibility index (Phi) is 4.97. The second-order valence-electron chi connectivity index (χ2n) is 6.34. The molecule has 0 atom stereocenters. The Labute approximate surface area is 146 Å². The van der Waals surface area contributed by atoms with Crippen LogP contribution in [-0.4, -0.2) is 27.3 Å². The normalized spacial score (nSPS) is 11.0. The summed E-state index contributed by atoms with van der Waals surface area (Å²) in [7, 11) is 0. The number of benzene rings is 1. The molecule has 0 aliphatic heterocycles. The number of aromatic amines is 1. The third kappa shape index (κ3) is 3.96. The molecule has 6 nitrogen and oxygen atoms in total. The van der Waals surface area contributed by atoms with Crippen LogP contribution in [0, 0.1) is 6.92 Å². The third-order valence-corrected chi connectivity index (χ3v) is 3.96. The smallest absolute Gasteiger partial charge is 0.271 e. The molecule has 3 rings (SSSR count). The van der Waals surface area contributed by atoms with Crippen molar-refractivity contribution in [2.75, 3.05) is 0 Å². The van der Waals surface area contributed by atoms with Gasteiger partial charge in [0.15, 0.2) is 0 Å². The molecule has 2 aromatic heterocycles. The van der Waals surface area contributed by atoms with Crippen LogP contribution in [0.15, 0.2) is 40.9 Å². The van der Waals surface area contributed by atoms with E-state index >= 15 is 0 Å². The lowest BCUT2D eigenvalue weighted by Crippen LogP contribution is -2.30. The summed E-state index contributed by atoms with van der Waals surface area (Å²) in [5.41, 5.74) is 4.31. The van der Waals surface area contributed by atoms with E-state index in [0.717, 1.165) is 41.1 Å². The first kappa shape index (κ1) is 17.0. The van der Waals surface area contributed by atoms with Gasteiger partial charge in [0.05, 0.1) is 0 Å². The van der Waals surface area contributed by atoms with Crippen LogP contribution in [0.4, 0.5) is 0 Å². The van der Waals surface area contributed by atoms with Gasteiger partial charge in [0.1, 0.15) is 17.1 Å². The van der Waals surface area contributed by atoms with Crippen LogP contribution in [0.2, 0.25) is 0 Å². The summed E-state index contributed by atoms with van der Waals surface area (Å²) >= 11 is 0. The molecule has 0 fully saturated rings. The fraction of sp³-hybridized carbons (Fsp3) is 0.316. The van der Waals surface area contributed by atoms with Gasteiger partial charge in [-0.2, -0.15) is 5.10 Å². The summed E-state index contributed by atoms with van der Waals surface area (Å²) < 4.78 is 5.39. The van der Waals surface area contributed by atoms with Crippen LogP contribution in [0.25, 0.3) is 11.3 Å². The van der Waals surface area contributed by atoms with Crippen molar-refractivity contribution in [3.63, 3.8) is 0 Å². The molecule has 2 heterocycles. The van der Waals surface area contributed by atoms with Gasteiger partial charge in [-0.15, -0.1) is 0 Å². The van der Waals surface area contributed by atoms with Gasteiger partial charge in [-0.05, 0) is 39.7 Å². The number of H-pyrrole nitrogens is 1. The van der Waals surface area contributed by atoms with Crippen LogP contribution >= 0.6 is 0 Å². The van der Waals surface area contributed by atoms with Gasteiger partial charge in [0.2, 0.25) is 0 Å². The fourth-order valence-corrected chi connectivity index (χ4v) is 2.71. The molecule has 0 saturated carbocycles. The van der Waals surface area contributed by atoms with Crippen molar-refractivity contribution in [3.8, 4) is 11.3 Å². The van der Waals surface area contributed by atoms with Crippen LogP contribution in [0.1, 0.15) is 41.4 Å². The largest absolute Gasteiger partial charge is 0.361 e. The predicted molar refractivity (Wildman–Crippen MR) is 95.3 cm³/mol. The second kappa shape index (κ2) is 7.34. The average molecular weight is 338 g/mol. The molecule has 2 N–H and O–H groups in total. The van der Waals surface area contributed by atoms with Gasteiger partial charge in [-0.1, -0.05) is 35.5 Å². The van der Waals surface area contributed by atoms with E-state index in [9.17, 15) is 4.79 Å². The highest BCUT2D eigenvalue weighted by Crippen LogP contribution is 2.26. The molecule has 1 amide bonds. The van der Waals surface area contributed by atoms with E-state index in [4.69, 9.17) is 4.52 Å². The van der Waals surface area contributed by atoms with Gasteiger partial charge in [-0.3, -0.25) is 9.89 Å². The van der Waals surface area contributed by atoms with Crippen LogP contribution in [-0.2, 0) is 12.8 Å². The fourth-order valence-electron chi connectivity index (χ4n) is 2.71. The minimum atomic E-state index is -0.163. The first-order valence-electron chi connectivity index (χ1n) is 8.40. The van der Waals surface area contributed by atoms with E-state index in [0.29, 0.717) is 5.69 Å². The number of aryl methyl sites for hydroxylation is 2. The first-order chi connectivity index (χ1) is 12.0. The number of nitrogens with zero attached hydrogens (tertiary/aromatic N) is 2. The van der Waals surface area contributed by atoms with Crippen molar-refractivity contribution in [1.29, 1.82) is 0 Å². The summed E-state index contributed by atoms with van der Waals surface area (Å²) in [4.78, 5) is 12.0. The molecule has 0 bridgehead atoms. The Morgan fingerprint density at radius 2 is 2.00 bits per heavy atom. The van der Waals surface area contributed by atoms with Crippen LogP contribution in [0.5, 0.6) is 0 Å². The second-order valence-corrected chi connectivity index (χ2v) is 6.34. The van der Waals surface area contributed by atoms with Crippen LogP contribution < -0.4 is 5.32 Å². The number of amides is 1. The van der Waals surface area contributed by atoms with Crippen molar-refractivity contribution in [2.24, 2.45) is 0 Å². The van der Waals surface area contributed by atoms with Crippen molar-refractivity contribution in [1.82, 2.24) is 20.7 Å². The molecular formula is C19H22N4O2.